The van der Waals surface area contributed by atoms with Crippen molar-refractivity contribution in [1.82, 2.24) is 4.57 Å². The number of nitrogens with zero attached hydrogens (tertiary/aromatic N) is 2. The number of aromatic nitrogens is 1. The number of ether oxygens (including phenoxy) is 1. The molecule has 1 aromatic carbocycles. The molecule has 1 aromatic heterocycles. The summed E-state index contributed by atoms with van der Waals surface area (Å²) in [6.45, 7) is 0.529. The van der Waals surface area contributed by atoms with Gasteiger partial charge in [-0.3, -0.25) is 0 Å². The largest absolute Gasteiger partial charge is 0.494 e. The van der Waals surface area contributed by atoms with E-state index in [2.05, 4.69) is 11.4 Å². The molecular formula is C14H14FN3O. The average Bonchev–Trinajstić information content (AvgIpc) is 2.77. The standard InChI is InChI=1S/C14H14FN3O/c1-18-9-10(5-12(18)7-16)8-17-11-3-4-14(19-2)13(15)6-11/h3-6,9,17H,8H2,1-2H3. The number of rotatable bonds is 4. The third-order valence-corrected chi connectivity index (χ3v) is 2.82. The van der Waals surface area contributed by atoms with Crippen molar-refractivity contribution in [2.75, 3.05) is 12.4 Å². The van der Waals surface area contributed by atoms with Crippen molar-refractivity contribution in [3.8, 4) is 11.8 Å². The second kappa shape index (κ2) is 5.44. The van der Waals surface area contributed by atoms with E-state index < -0.39 is 5.82 Å². The van der Waals surface area contributed by atoms with Gasteiger partial charge in [-0.2, -0.15) is 5.26 Å². The summed E-state index contributed by atoms with van der Waals surface area (Å²) >= 11 is 0. The van der Waals surface area contributed by atoms with Crippen LogP contribution in [0.5, 0.6) is 5.75 Å². The fraction of sp³-hybridized carbons (Fsp3) is 0.214. The van der Waals surface area contributed by atoms with E-state index in [-0.39, 0.29) is 5.75 Å². The highest BCUT2D eigenvalue weighted by Gasteiger charge is 2.05. The van der Waals surface area contributed by atoms with Crippen molar-refractivity contribution in [3.05, 3.63) is 47.5 Å². The molecule has 0 amide bonds. The monoisotopic (exact) mass is 259 g/mol. The molecule has 0 radical (unpaired) electrons. The predicted molar refractivity (Wildman–Crippen MR) is 70.4 cm³/mol. The van der Waals surface area contributed by atoms with Crippen LogP contribution in [0.25, 0.3) is 0 Å². The van der Waals surface area contributed by atoms with Gasteiger partial charge in [0.25, 0.3) is 0 Å². The molecule has 1 heterocycles. The van der Waals surface area contributed by atoms with Crippen LogP contribution in [-0.4, -0.2) is 11.7 Å². The maximum absolute atomic E-state index is 13.5. The van der Waals surface area contributed by atoms with Crippen molar-refractivity contribution in [3.63, 3.8) is 0 Å². The SMILES string of the molecule is COc1ccc(NCc2cc(C#N)n(C)c2)cc1F. The molecule has 0 spiro atoms. The maximum Gasteiger partial charge on any atom is 0.167 e. The molecular weight excluding hydrogens is 245 g/mol. The molecule has 19 heavy (non-hydrogen) atoms. The van der Waals surface area contributed by atoms with E-state index in [9.17, 15) is 4.39 Å². The molecule has 5 heteroatoms. The first kappa shape index (κ1) is 13.0. The lowest BCUT2D eigenvalue weighted by molar-refractivity contribution is 0.386. The van der Waals surface area contributed by atoms with Gasteiger partial charge in [-0.25, -0.2) is 4.39 Å². The fourth-order valence-electron chi connectivity index (χ4n) is 1.82. The van der Waals surface area contributed by atoms with Gasteiger partial charge in [-0.05, 0) is 23.8 Å². The van der Waals surface area contributed by atoms with Crippen molar-refractivity contribution in [1.29, 1.82) is 5.26 Å². The Labute approximate surface area is 111 Å². The summed E-state index contributed by atoms with van der Waals surface area (Å²) < 4.78 is 20.1. The second-order valence-corrected chi connectivity index (χ2v) is 4.16. The Hall–Kier alpha value is -2.48. The Bertz CT molecular complexity index is 628. The molecule has 0 atom stereocenters. The van der Waals surface area contributed by atoms with Crippen molar-refractivity contribution >= 4 is 5.69 Å². The third-order valence-electron chi connectivity index (χ3n) is 2.82. The molecule has 2 aromatic rings. The minimum Gasteiger partial charge on any atom is -0.494 e. The Balaban J connectivity index is 2.06. The summed E-state index contributed by atoms with van der Waals surface area (Å²) in [5.74, 6) is -0.185. The molecule has 0 unspecified atom stereocenters. The summed E-state index contributed by atoms with van der Waals surface area (Å²) in [4.78, 5) is 0. The summed E-state index contributed by atoms with van der Waals surface area (Å²) in [6.07, 6.45) is 1.87. The summed E-state index contributed by atoms with van der Waals surface area (Å²) in [6, 6.07) is 8.60. The zero-order valence-electron chi connectivity index (χ0n) is 10.8. The minimum atomic E-state index is -0.404. The second-order valence-electron chi connectivity index (χ2n) is 4.16. The normalized spacial score (nSPS) is 10.0. The summed E-state index contributed by atoms with van der Waals surface area (Å²) in [5, 5.41) is 12.0. The van der Waals surface area contributed by atoms with Crippen molar-refractivity contribution < 1.29 is 9.13 Å². The van der Waals surface area contributed by atoms with Gasteiger partial charge in [0.2, 0.25) is 0 Å². The number of nitriles is 1. The molecule has 0 saturated carbocycles. The summed E-state index contributed by atoms with van der Waals surface area (Å²) in [7, 11) is 3.24. The molecule has 0 fully saturated rings. The molecule has 4 nitrogen and oxygen atoms in total. The van der Waals surface area contributed by atoms with Crippen LogP contribution in [0.2, 0.25) is 0 Å². The topological polar surface area (TPSA) is 50.0 Å². The van der Waals surface area contributed by atoms with E-state index in [1.807, 2.05) is 13.2 Å². The lowest BCUT2D eigenvalue weighted by Crippen LogP contribution is -1.99. The predicted octanol–water partition coefficient (Wildman–Crippen LogP) is 2.66. The Kier molecular flexibility index (Phi) is 3.71. The van der Waals surface area contributed by atoms with Crippen LogP contribution < -0.4 is 10.1 Å². The molecule has 2 rings (SSSR count). The maximum atomic E-state index is 13.5. The Morgan fingerprint density at radius 2 is 2.21 bits per heavy atom. The van der Waals surface area contributed by atoms with Gasteiger partial charge < -0.3 is 14.6 Å². The average molecular weight is 259 g/mol. The van der Waals surface area contributed by atoms with Crippen LogP contribution in [0.15, 0.2) is 30.5 Å². The number of methoxy groups -OCH3 is 1. The van der Waals surface area contributed by atoms with E-state index in [4.69, 9.17) is 10.00 Å². The number of hydrogen-bond donors (Lipinski definition) is 1. The highest BCUT2D eigenvalue weighted by atomic mass is 19.1. The van der Waals surface area contributed by atoms with Crippen LogP contribution in [0, 0.1) is 17.1 Å². The highest BCUT2D eigenvalue weighted by Crippen LogP contribution is 2.21. The van der Waals surface area contributed by atoms with E-state index in [0.717, 1.165) is 5.56 Å². The molecule has 0 saturated heterocycles. The zero-order valence-corrected chi connectivity index (χ0v) is 10.8. The molecule has 0 bridgehead atoms. The first-order valence-corrected chi connectivity index (χ1v) is 5.77. The van der Waals surface area contributed by atoms with Gasteiger partial charge in [-0.1, -0.05) is 0 Å². The number of anilines is 1. The van der Waals surface area contributed by atoms with E-state index >= 15 is 0 Å². The van der Waals surface area contributed by atoms with Gasteiger partial charge >= 0.3 is 0 Å². The number of nitrogens with one attached hydrogen (secondary N) is 1. The van der Waals surface area contributed by atoms with Gasteiger partial charge in [0.05, 0.1) is 7.11 Å². The van der Waals surface area contributed by atoms with Gasteiger partial charge in [0, 0.05) is 31.5 Å². The first-order chi connectivity index (χ1) is 9.13. The molecule has 0 aliphatic carbocycles. The van der Waals surface area contributed by atoms with Gasteiger partial charge in [0.1, 0.15) is 11.8 Å². The van der Waals surface area contributed by atoms with Crippen LogP contribution in [0.3, 0.4) is 0 Å². The number of halogens is 1. The van der Waals surface area contributed by atoms with E-state index in [1.165, 1.54) is 13.2 Å². The molecule has 0 aliphatic rings. The first-order valence-electron chi connectivity index (χ1n) is 5.77. The van der Waals surface area contributed by atoms with E-state index in [1.54, 1.807) is 22.8 Å². The lowest BCUT2D eigenvalue weighted by atomic mass is 10.2. The van der Waals surface area contributed by atoms with Crippen molar-refractivity contribution in [2.45, 2.75) is 6.54 Å². The van der Waals surface area contributed by atoms with Crippen LogP contribution >= 0.6 is 0 Å². The van der Waals surface area contributed by atoms with Gasteiger partial charge in [-0.15, -0.1) is 0 Å². The smallest absolute Gasteiger partial charge is 0.167 e. The Morgan fingerprint density at radius 1 is 1.42 bits per heavy atom. The fourth-order valence-corrected chi connectivity index (χ4v) is 1.82. The quantitative estimate of drug-likeness (QED) is 0.918. The molecule has 98 valence electrons. The Morgan fingerprint density at radius 3 is 2.79 bits per heavy atom. The van der Waals surface area contributed by atoms with Gasteiger partial charge in [0.15, 0.2) is 11.6 Å². The zero-order chi connectivity index (χ0) is 13.8. The molecule has 1 N–H and O–H groups in total. The summed E-state index contributed by atoms with van der Waals surface area (Å²) in [5.41, 5.74) is 2.23. The van der Waals surface area contributed by atoms with Crippen LogP contribution in [-0.2, 0) is 13.6 Å². The number of hydrogen-bond acceptors (Lipinski definition) is 3. The van der Waals surface area contributed by atoms with Crippen LogP contribution in [0.4, 0.5) is 10.1 Å². The number of aryl methyl sites for hydroxylation is 1. The number of benzene rings is 1. The third kappa shape index (κ3) is 2.86. The van der Waals surface area contributed by atoms with Crippen molar-refractivity contribution in [2.24, 2.45) is 7.05 Å². The lowest BCUT2D eigenvalue weighted by Gasteiger charge is -2.07. The van der Waals surface area contributed by atoms with Crippen LogP contribution in [0.1, 0.15) is 11.3 Å². The highest BCUT2D eigenvalue weighted by molar-refractivity contribution is 5.47. The molecule has 0 aliphatic heterocycles. The van der Waals surface area contributed by atoms with E-state index in [0.29, 0.717) is 17.9 Å². The minimum absolute atomic E-state index is 0.219.